The molecule has 0 bridgehead atoms. The van der Waals surface area contributed by atoms with E-state index in [-0.39, 0.29) is 41.3 Å². The second-order valence-corrected chi connectivity index (χ2v) is 14.4. The third-order valence-corrected chi connectivity index (χ3v) is 11.6. The Labute approximate surface area is 273 Å². The number of nitrogens with zero attached hydrogens (tertiary/aromatic N) is 4. The Kier molecular flexibility index (Phi) is 7.91. The van der Waals surface area contributed by atoms with Gasteiger partial charge in [0.2, 0.25) is 0 Å². The smallest absolute Gasteiger partial charge is 0.255 e. The van der Waals surface area contributed by atoms with Crippen molar-refractivity contribution < 1.29 is 18.0 Å². The van der Waals surface area contributed by atoms with E-state index in [0.29, 0.717) is 24.2 Å². The van der Waals surface area contributed by atoms with E-state index in [1.165, 1.54) is 11.0 Å². The maximum atomic E-state index is 15.2. The van der Waals surface area contributed by atoms with Crippen LogP contribution in [0.4, 0.5) is 0 Å². The number of rotatable bonds is 10. The van der Waals surface area contributed by atoms with E-state index >= 15 is 4.79 Å². The fourth-order valence-electron chi connectivity index (χ4n) is 7.13. The summed E-state index contributed by atoms with van der Waals surface area (Å²) in [5.41, 5.74) is 1.03. The van der Waals surface area contributed by atoms with Gasteiger partial charge in [-0.25, -0.2) is 8.42 Å². The molecule has 2 N–H and O–H groups in total. The average molecular weight is 645 g/mol. The summed E-state index contributed by atoms with van der Waals surface area (Å²) in [6.07, 6.45) is 8.36. The first kappa shape index (κ1) is 30.5. The van der Waals surface area contributed by atoms with Gasteiger partial charge in [-0.3, -0.25) is 24.5 Å². The molecule has 1 saturated carbocycles. The van der Waals surface area contributed by atoms with E-state index in [9.17, 15) is 18.5 Å². The number of hydrogen-bond donors (Lipinski definition) is 2. The lowest BCUT2D eigenvalue weighted by molar-refractivity contribution is -0.132. The molecule has 3 fully saturated rings. The molecule has 47 heavy (non-hydrogen) atoms. The van der Waals surface area contributed by atoms with Gasteiger partial charge in [0.15, 0.2) is 15.6 Å². The third-order valence-electron chi connectivity index (χ3n) is 9.46. The first-order valence-corrected chi connectivity index (χ1v) is 17.0. The van der Waals surface area contributed by atoms with Crippen molar-refractivity contribution in [3.63, 3.8) is 0 Å². The minimum Gasteiger partial charge on any atom is -0.357 e. The molecule has 2 aromatic heterocycles. The van der Waals surface area contributed by atoms with Gasteiger partial charge >= 0.3 is 0 Å². The van der Waals surface area contributed by atoms with Gasteiger partial charge in [0, 0.05) is 55.2 Å². The number of piperidine rings is 1. The lowest BCUT2D eigenvalue weighted by Crippen LogP contribution is -2.53. The molecule has 2 aliphatic heterocycles. The number of allylic oxidation sites excluding steroid dienone is 1. The molecule has 3 aliphatic rings. The van der Waals surface area contributed by atoms with Crippen LogP contribution in [0.2, 0.25) is 0 Å². The molecule has 3 atom stereocenters. The topological polar surface area (TPSA) is 145 Å². The van der Waals surface area contributed by atoms with E-state index in [0.717, 1.165) is 11.1 Å². The molecule has 4 aromatic rings. The Morgan fingerprint density at radius 3 is 2.04 bits per heavy atom. The number of carbonyl (C=O) groups is 2. The zero-order valence-electron chi connectivity index (χ0n) is 25.4. The lowest BCUT2D eigenvalue weighted by atomic mass is 9.85. The van der Waals surface area contributed by atoms with E-state index < -0.39 is 32.4 Å². The molecule has 2 aromatic carbocycles. The monoisotopic (exact) mass is 644 g/mol. The second kappa shape index (κ2) is 12.2. The van der Waals surface area contributed by atoms with Gasteiger partial charge < -0.3 is 10.6 Å². The van der Waals surface area contributed by atoms with E-state index in [1.54, 1.807) is 79.4 Å². The predicted octanol–water partition coefficient (Wildman–Crippen LogP) is 3.29. The second-order valence-electron chi connectivity index (χ2n) is 12.3. The highest BCUT2D eigenvalue weighted by Gasteiger charge is 2.65. The standard InChI is InChI=1S/C36H32N6O4S/c37-21-26-6-8-27(9-7-26)31(43)18-32-41-36(19-24-10-14-38-15-11-24,20-25-12-16-39-17-13-25)35(44)42(32)34(33-29-22-40-23-30(29)33)47(45,46)28-4-2-1-3-5-28/h1-18,29-30,33-34,40-41H,19-20,22-23H2/b32-18+. The Balaban J connectivity index is 1.39. The van der Waals surface area contributed by atoms with Crippen LogP contribution < -0.4 is 10.6 Å². The zero-order chi connectivity index (χ0) is 32.6. The minimum absolute atomic E-state index is 0.0807. The molecule has 2 saturated heterocycles. The van der Waals surface area contributed by atoms with E-state index in [2.05, 4.69) is 20.6 Å². The SMILES string of the molecule is N#Cc1ccc(C(=O)/C=C2\NC(Cc3ccncc3)(Cc3ccncc3)C(=O)N2C(C2C3CNCC32)S(=O)(=O)c2ccccc2)cc1. The highest BCUT2D eigenvalue weighted by molar-refractivity contribution is 7.92. The van der Waals surface area contributed by atoms with Crippen molar-refractivity contribution in [1.82, 2.24) is 25.5 Å². The molecule has 11 heteroatoms. The van der Waals surface area contributed by atoms with Crippen molar-refractivity contribution >= 4 is 21.5 Å². The summed E-state index contributed by atoms with van der Waals surface area (Å²) in [5, 5.41) is 14.8. The highest BCUT2D eigenvalue weighted by atomic mass is 32.2. The fourth-order valence-corrected chi connectivity index (χ4v) is 9.25. The van der Waals surface area contributed by atoms with E-state index in [4.69, 9.17) is 0 Å². The van der Waals surface area contributed by atoms with Gasteiger partial charge in [0.05, 0.1) is 16.5 Å². The molecule has 0 radical (unpaired) electrons. The van der Waals surface area contributed by atoms with Crippen LogP contribution in [0, 0.1) is 29.1 Å². The average Bonchev–Trinajstić information content (AvgIpc) is 3.40. The Morgan fingerprint density at radius 1 is 0.915 bits per heavy atom. The third kappa shape index (κ3) is 5.71. The van der Waals surface area contributed by atoms with Gasteiger partial charge in [-0.1, -0.05) is 18.2 Å². The minimum atomic E-state index is -4.11. The number of hydrogen-bond acceptors (Lipinski definition) is 9. The van der Waals surface area contributed by atoms with Crippen molar-refractivity contribution in [3.05, 3.63) is 138 Å². The maximum absolute atomic E-state index is 15.2. The lowest BCUT2D eigenvalue weighted by Gasteiger charge is -2.31. The number of fused-ring (bicyclic) bond motifs is 1. The Bertz CT molecular complexity index is 1930. The number of nitrogens with one attached hydrogen (secondary N) is 2. The van der Waals surface area contributed by atoms with Gasteiger partial charge in [0.25, 0.3) is 5.91 Å². The highest BCUT2D eigenvalue weighted by Crippen LogP contribution is 2.55. The van der Waals surface area contributed by atoms with Gasteiger partial charge in [0.1, 0.15) is 16.7 Å². The molecule has 1 amide bonds. The van der Waals surface area contributed by atoms with Crippen LogP contribution in [0.25, 0.3) is 0 Å². The van der Waals surface area contributed by atoms with Crippen LogP contribution in [0.5, 0.6) is 0 Å². The van der Waals surface area contributed by atoms with Crippen molar-refractivity contribution in [2.75, 3.05) is 13.1 Å². The van der Waals surface area contributed by atoms with Crippen LogP contribution in [0.1, 0.15) is 27.0 Å². The van der Waals surface area contributed by atoms with Crippen molar-refractivity contribution in [2.45, 2.75) is 28.6 Å². The molecule has 7 rings (SSSR count). The van der Waals surface area contributed by atoms with Gasteiger partial charge in [-0.05, 0) is 96.7 Å². The summed E-state index contributed by atoms with van der Waals surface area (Å²) in [6.45, 7) is 1.32. The normalized spacial score (nSPS) is 22.7. The number of carbonyl (C=O) groups excluding carboxylic acids is 2. The summed E-state index contributed by atoms with van der Waals surface area (Å²) < 4.78 is 29.4. The van der Waals surface area contributed by atoms with Gasteiger partial charge in [-0.15, -0.1) is 0 Å². The number of aromatic nitrogens is 2. The first-order valence-electron chi connectivity index (χ1n) is 15.5. The molecular weight excluding hydrogens is 613 g/mol. The van der Waals surface area contributed by atoms with Crippen molar-refractivity contribution in [2.24, 2.45) is 17.8 Å². The van der Waals surface area contributed by atoms with Gasteiger partial charge in [-0.2, -0.15) is 5.26 Å². The summed E-state index contributed by atoms with van der Waals surface area (Å²) in [5.74, 6) is -0.873. The number of sulfone groups is 1. The predicted molar refractivity (Wildman–Crippen MR) is 173 cm³/mol. The number of amides is 1. The van der Waals surface area contributed by atoms with Crippen LogP contribution >= 0.6 is 0 Å². The molecular formula is C36H32N6O4S. The number of ketones is 1. The first-order chi connectivity index (χ1) is 22.8. The van der Waals surface area contributed by atoms with Crippen molar-refractivity contribution in [3.8, 4) is 6.07 Å². The Morgan fingerprint density at radius 2 is 1.49 bits per heavy atom. The van der Waals surface area contributed by atoms with Crippen LogP contribution in [-0.4, -0.2) is 59.0 Å². The molecule has 0 spiro atoms. The molecule has 3 unspecified atom stereocenters. The van der Waals surface area contributed by atoms with Crippen LogP contribution in [-0.2, 0) is 27.5 Å². The largest absolute Gasteiger partial charge is 0.357 e. The Hall–Kier alpha value is -5.18. The summed E-state index contributed by atoms with van der Waals surface area (Å²) in [6, 6.07) is 23.8. The summed E-state index contributed by atoms with van der Waals surface area (Å²) in [7, 11) is -4.11. The van der Waals surface area contributed by atoms with Crippen molar-refractivity contribution in [1.29, 1.82) is 5.26 Å². The summed E-state index contributed by atoms with van der Waals surface area (Å²) >= 11 is 0. The number of nitriles is 1. The quantitative estimate of drug-likeness (QED) is 0.196. The van der Waals surface area contributed by atoms with Crippen LogP contribution in [0.3, 0.4) is 0 Å². The van der Waals surface area contributed by atoms with E-state index in [1.807, 2.05) is 30.3 Å². The summed E-state index contributed by atoms with van der Waals surface area (Å²) in [4.78, 5) is 38.7. The molecule has 1 aliphatic carbocycles. The molecule has 236 valence electrons. The zero-order valence-corrected chi connectivity index (χ0v) is 26.2. The number of pyridine rings is 2. The number of benzene rings is 2. The molecule has 4 heterocycles. The maximum Gasteiger partial charge on any atom is 0.255 e. The van der Waals surface area contributed by atoms with Crippen LogP contribution in [0.15, 0.2) is 120 Å². The fraction of sp³-hybridized carbons (Fsp3) is 0.250. The molecule has 10 nitrogen and oxygen atoms in total.